The van der Waals surface area contributed by atoms with Gasteiger partial charge in [0.25, 0.3) is 0 Å². The molecule has 2 aliphatic rings. The molecule has 0 amide bonds. The normalized spacial score (nSPS) is 16.8. The highest BCUT2D eigenvalue weighted by Gasteiger charge is 2.39. The topological polar surface area (TPSA) is 109 Å². The summed E-state index contributed by atoms with van der Waals surface area (Å²) >= 11 is 0.717. The van der Waals surface area contributed by atoms with Crippen LogP contribution in [0.2, 0.25) is 0 Å². The Morgan fingerprint density at radius 3 is 2.57 bits per heavy atom. The maximum Gasteiger partial charge on any atom is 0.417 e. The minimum Gasteiger partial charge on any atom is -0.463 e. The smallest absolute Gasteiger partial charge is 0.417 e. The number of aromatic nitrogens is 2. The number of thiophene rings is 1. The predicted molar refractivity (Wildman–Crippen MR) is 158 cm³/mol. The SMILES string of the molecule is CN(c1nc(OCC2CCOCC2)nc2c(F)c(-c3ccc(F)c4sc(N)c(C#N)c34)c(C(F)(F)F)cc12)C1CCNCC1. The molecule has 0 atom stereocenters. The number of anilines is 2. The predicted octanol–water partition coefficient (Wildman–Crippen LogP) is 6.26. The Balaban J connectivity index is 1.60. The van der Waals surface area contributed by atoms with Crippen LogP contribution in [0.5, 0.6) is 6.01 Å². The van der Waals surface area contributed by atoms with Gasteiger partial charge in [-0.05, 0) is 62.4 Å². The van der Waals surface area contributed by atoms with Crippen molar-refractivity contribution in [2.45, 2.75) is 37.9 Å². The van der Waals surface area contributed by atoms with Crippen molar-refractivity contribution in [2.75, 3.05) is 50.6 Å². The molecule has 2 aromatic heterocycles. The molecular weight excluding hydrogens is 603 g/mol. The van der Waals surface area contributed by atoms with E-state index in [0.717, 1.165) is 31.0 Å². The van der Waals surface area contributed by atoms with E-state index < -0.39 is 28.9 Å². The summed E-state index contributed by atoms with van der Waals surface area (Å²) in [5, 5.41) is 12.6. The summed E-state index contributed by atoms with van der Waals surface area (Å²) in [4.78, 5) is 10.6. The second-order valence-electron chi connectivity index (χ2n) is 11.0. The Morgan fingerprint density at radius 2 is 1.89 bits per heavy atom. The van der Waals surface area contributed by atoms with Crippen LogP contribution in [0, 0.1) is 28.9 Å². The van der Waals surface area contributed by atoms with Crippen LogP contribution < -0.4 is 20.7 Å². The zero-order chi connectivity index (χ0) is 31.2. The number of hydrogen-bond donors (Lipinski definition) is 2. The van der Waals surface area contributed by atoms with E-state index in [9.17, 15) is 22.8 Å². The lowest BCUT2D eigenvalue weighted by Gasteiger charge is -2.33. The third kappa shape index (κ3) is 5.48. The Kier molecular flexibility index (Phi) is 8.21. The van der Waals surface area contributed by atoms with Gasteiger partial charge in [0.15, 0.2) is 5.82 Å². The summed E-state index contributed by atoms with van der Waals surface area (Å²) in [6, 6.07) is 4.42. The number of nitrogens with one attached hydrogen (secondary N) is 1. The van der Waals surface area contributed by atoms with Gasteiger partial charge in [0.05, 0.1) is 22.4 Å². The van der Waals surface area contributed by atoms with Crippen LogP contribution in [-0.4, -0.2) is 56.0 Å². The number of nitrogen functional groups attached to an aromatic ring is 1. The number of nitrogens with zero attached hydrogens (tertiary/aromatic N) is 4. The van der Waals surface area contributed by atoms with Crippen molar-refractivity contribution in [1.29, 1.82) is 5.26 Å². The molecule has 0 aliphatic carbocycles. The Bertz CT molecular complexity index is 1760. The van der Waals surface area contributed by atoms with Crippen LogP contribution in [-0.2, 0) is 10.9 Å². The maximum atomic E-state index is 16.8. The van der Waals surface area contributed by atoms with Gasteiger partial charge in [-0.1, -0.05) is 6.07 Å². The van der Waals surface area contributed by atoms with Gasteiger partial charge in [-0.3, -0.25) is 0 Å². The van der Waals surface area contributed by atoms with Gasteiger partial charge in [-0.25, -0.2) is 8.78 Å². The summed E-state index contributed by atoms with van der Waals surface area (Å²) in [6.45, 7) is 2.82. The van der Waals surface area contributed by atoms with Crippen molar-refractivity contribution >= 4 is 43.1 Å². The van der Waals surface area contributed by atoms with Gasteiger partial charge in [-0.2, -0.15) is 28.4 Å². The molecule has 2 aromatic carbocycles. The molecule has 0 saturated carbocycles. The average molecular weight is 633 g/mol. The van der Waals surface area contributed by atoms with Crippen LogP contribution in [0.1, 0.15) is 36.8 Å². The van der Waals surface area contributed by atoms with E-state index in [2.05, 4.69) is 15.3 Å². The van der Waals surface area contributed by atoms with Gasteiger partial charge < -0.3 is 25.4 Å². The first kappa shape index (κ1) is 30.2. The molecule has 0 spiro atoms. The van der Waals surface area contributed by atoms with Crippen molar-refractivity contribution in [1.82, 2.24) is 15.3 Å². The molecular formula is C30H29F5N6O2S. The maximum absolute atomic E-state index is 16.8. The minimum absolute atomic E-state index is 0.0709. The molecule has 2 fully saturated rings. The third-order valence-corrected chi connectivity index (χ3v) is 9.40. The molecule has 4 heterocycles. The number of ether oxygens (including phenoxy) is 2. The monoisotopic (exact) mass is 632 g/mol. The third-order valence-electron chi connectivity index (χ3n) is 8.37. The summed E-state index contributed by atoms with van der Waals surface area (Å²) in [6.07, 6.45) is -2.10. The van der Waals surface area contributed by atoms with E-state index in [-0.39, 0.29) is 67.5 Å². The lowest BCUT2D eigenvalue weighted by atomic mass is 9.92. The number of fused-ring (bicyclic) bond motifs is 2. The highest BCUT2D eigenvalue weighted by molar-refractivity contribution is 7.23. The molecule has 6 rings (SSSR count). The molecule has 0 radical (unpaired) electrons. The summed E-state index contributed by atoms with van der Waals surface area (Å²) in [7, 11) is 1.72. The van der Waals surface area contributed by atoms with Crippen molar-refractivity contribution in [3.05, 3.63) is 41.0 Å². The van der Waals surface area contributed by atoms with E-state index >= 15 is 4.39 Å². The molecule has 44 heavy (non-hydrogen) atoms. The zero-order valence-electron chi connectivity index (χ0n) is 23.7. The number of nitrogens with two attached hydrogens (primary N) is 1. The molecule has 14 heteroatoms. The fourth-order valence-corrected chi connectivity index (χ4v) is 6.94. The number of hydrogen-bond acceptors (Lipinski definition) is 9. The highest BCUT2D eigenvalue weighted by Crippen LogP contribution is 2.48. The number of rotatable bonds is 6. The number of nitriles is 1. The highest BCUT2D eigenvalue weighted by atomic mass is 32.1. The standard InChI is InChI=1S/C30H29F5N6O2S/c1-41(16-4-8-38-9-5-16)28-18-12-20(30(33,34)35)23(17-2-3-21(31)26-22(17)19(13-36)27(37)44-26)24(32)25(18)39-29(40-28)43-14-15-6-10-42-11-7-15/h2-3,12,15-16,38H,4-11,14,37H2,1H3. The lowest BCUT2D eigenvalue weighted by Crippen LogP contribution is -2.41. The van der Waals surface area contributed by atoms with Crippen molar-refractivity contribution in [3.8, 4) is 23.2 Å². The fourth-order valence-electron chi connectivity index (χ4n) is 5.99. The Hall–Kier alpha value is -3.80. The average Bonchev–Trinajstić information content (AvgIpc) is 3.37. The second-order valence-corrected chi connectivity index (χ2v) is 12.1. The molecule has 232 valence electrons. The van der Waals surface area contributed by atoms with E-state index in [1.54, 1.807) is 11.9 Å². The lowest BCUT2D eigenvalue weighted by molar-refractivity contribution is -0.137. The number of halogens is 5. The molecule has 0 bridgehead atoms. The number of alkyl halides is 3. The van der Waals surface area contributed by atoms with E-state index in [4.69, 9.17) is 15.2 Å². The summed E-state index contributed by atoms with van der Waals surface area (Å²) < 4.78 is 87.1. The fraction of sp³-hybridized carbons (Fsp3) is 0.433. The minimum atomic E-state index is -5.03. The van der Waals surface area contributed by atoms with Crippen LogP contribution in [0.3, 0.4) is 0 Å². The van der Waals surface area contributed by atoms with E-state index in [1.807, 2.05) is 6.07 Å². The van der Waals surface area contributed by atoms with E-state index in [0.29, 0.717) is 50.5 Å². The molecule has 3 N–H and O–H groups in total. The molecule has 4 aromatic rings. The Labute approximate surface area is 253 Å². The van der Waals surface area contributed by atoms with Crippen LogP contribution >= 0.6 is 11.3 Å². The second kappa shape index (κ2) is 11.9. The van der Waals surface area contributed by atoms with Crippen molar-refractivity contribution in [3.63, 3.8) is 0 Å². The quantitative estimate of drug-likeness (QED) is 0.240. The van der Waals surface area contributed by atoms with E-state index in [1.165, 1.54) is 0 Å². The van der Waals surface area contributed by atoms with Gasteiger partial charge in [0, 0.05) is 42.6 Å². The first-order valence-corrected chi connectivity index (χ1v) is 15.1. The first-order chi connectivity index (χ1) is 21.1. The molecule has 2 saturated heterocycles. The van der Waals surface area contributed by atoms with Gasteiger partial charge >= 0.3 is 12.2 Å². The van der Waals surface area contributed by atoms with Crippen LogP contribution in [0.15, 0.2) is 18.2 Å². The van der Waals surface area contributed by atoms with Gasteiger partial charge in [0.2, 0.25) is 0 Å². The molecule has 2 aliphatic heterocycles. The molecule has 8 nitrogen and oxygen atoms in total. The van der Waals surface area contributed by atoms with Crippen molar-refractivity contribution in [2.24, 2.45) is 5.92 Å². The number of benzene rings is 2. The number of piperidine rings is 1. The Morgan fingerprint density at radius 1 is 1.16 bits per heavy atom. The van der Waals surface area contributed by atoms with Gasteiger partial charge in [0.1, 0.15) is 28.2 Å². The summed E-state index contributed by atoms with van der Waals surface area (Å²) in [5.41, 5.74) is 2.87. The van der Waals surface area contributed by atoms with Crippen LogP contribution in [0.4, 0.5) is 32.8 Å². The first-order valence-electron chi connectivity index (χ1n) is 14.2. The summed E-state index contributed by atoms with van der Waals surface area (Å²) in [5.74, 6) is -1.80. The largest absolute Gasteiger partial charge is 0.463 e. The zero-order valence-corrected chi connectivity index (χ0v) is 24.5. The molecule has 0 unspecified atom stereocenters. The van der Waals surface area contributed by atoms with Crippen LogP contribution in [0.25, 0.3) is 32.1 Å². The van der Waals surface area contributed by atoms with Gasteiger partial charge in [-0.15, -0.1) is 11.3 Å². The van der Waals surface area contributed by atoms with Crippen molar-refractivity contribution < 1.29 is 31.4 Å².